The Morgan fingerprint density at radius 2 is 1.97 bits per heavy atom. The normalized spacial score (nSPS) is 12.2. The molecule has 0 saturated carbocycles. The molecule has 1 aromatic carbocycles. The second-order valence-electron chi connectivity index (χ2n) is 7.48. The van der Waals surface area contributed by atoms with Crippen molar-refractivity contribution in [2.45, 2.75) is 30.9 Å². The first-order chi connectivity index (χ1) is 15.6. The highest BCUT2D eigenvalue weighted by atomic mass is 32.2. The number of nitrogens with zero attached hydrogens (tertiary/aromatic N) is 2. The number of aryl methyl sites for hydroxylation is 2. The molecule has 4 aromatic rings. The first-order valence-electron chi connectivity index (χ1n) is 9.89. The lowest BCUT2D eigenvalue weighted by Crippen LogP contribution is -2.19. The standard InChI is InChI=1S/C23H20N2O6S2/c1-10-11(2)33-21-18(10)22(28)25-9-13(7-17(20(25)24-21)32-12(3)23(29)30)19(27)15-8-14(31-4)5-6-16(15)26/h5-9,12,26H,1-4H3,(H,29,30). The maximum absolute atomic E-state index is 13.4. The number of aliphatic carboxylic acids is 1. The van der Waals surface area contributed by atoms with Crippen LogP contribution in [0.3, 0.4) is 0 Å². The summed E-state index contributed by atoms with van der Waals surface area (Å²) in [5.41, 5.74) is 0.862. The number of phenols is 1. The van der Waals surface area contributed by atoms with E-state index in [9.17, 15) is 24.6 Å². The van der Waals surface area contributed by atoms with Crippen molar-refractivity contribution in [2.75, 3.05) is 7.11 Å². The highest BCUT2D eigenvalue weighted by Gasteiger charge is 2.23. The van der Waals surface area contributed by atoms with Gasteiger partial charge in [0.05, 0.1) is 23.0 Å². The van der Waals surface area contributed by atoms with Crippen LogP contribution in [0.5, 0.6) is 11.5 Å². The number of thioether (sulfide) groups is 1. The van der Waals surface area contributed by atoms with Crippen LogP contribution in [0, 0.1) is 13.8 Å². The van der Waals surface area contributed by atoms with Gasteiger partial charge in [-0.2, -0.15) is 0 Å². The van der Waals surface area contributed by atoms with Crippen molar-refractivity contribution >= 4 is 50.7 Å². The number of phenolic OH excluding ortho intramolecular Hbond substituents is 1. The molecule has 3 aromatic heterocycles. The lowest BCUT2D eigenvalue weighted by molar-refractivity contribution is -0.136. The Morgan fingerprint density at radius 3 is 2.64 bits per heavy atom. The zero-order chi connectivity index (χ0) is 24.0. The Kier molecular flexibility index (Phi) is 5.89. The Balaban J connectivity index is 2.01. The average Bonchev–Trinajstić information content (AvgIpc) is 3.07. The number of fused-ring (bicyclic) bond motifs is 2. The van der Waals surface area contributed by atoms with Crippen molar-refractivity contribution in [2.24, 2.45) is 0 Å². The number of hydrogen-bond donors (Lipinski definition) is 2. The van der Waals surface area contributed by atoms with Gasteiger partial charge in [-0.25, -0.2) is 4.98 Å². The van der Waals surface area contributed by atoms with Gasteiger partial charge < -0.3 is 14.9 Å². The number of carboxylic acids is 1. The van der Waals surface area contributed by atoms with Crippen molar-refractivity contribution in [3.05, 3.63) is 62.4 Å². The van der Waals surface area contributed by atoms with E-state index in [-0.39, 0.29) is 28.1 Å². The van der Waals surface area contributed by atoms with Gasteiger partial charge in [0.15, 0.2) is 11.4 Å². The summed E-state index contributed by atoms with van der Waals surface area (Å²) in [6.45, 7) is 5.26. The van der Waals surface area contributed by atoms with Crippen molar-refractivity contribution < 1.29 is 24.5 Å². The van der Waals surface area contributed by atoms with Crippen LogP contribution in [0.2, 0.25) is 0 Å². The van der Waals surface area contributed by atoms with E-state index < -0.39 is 17.0 Å². The molecule has 0 aliphatic rings. The molecular weight excluding hydrogens is 464 g/mol. The summed E-state index contributed by atoms with van der Waals surface area (Å²) in [7, 11) is 1.44. The zero-order valence-electron chi connectivity index (χ0n) is 18.2. The average molecular weight is 485 g/mol. The zero-order valence-corrected chi connectivity index (χ0v) is 19.8. The molecule has 0 fully saturated rings. The maximum Gasteiger partial charge on any atom is 0.316 e. The Labute approximate surface area is 196 Å². The molecule has 33 heavy (non-hydrogen) atoms. The maximum atomic E-state index is 13.4. The number of hydrogen-bond acceptors (Lipinski definition) is 8. The van der Waals surface area contributed by atoms with Gasteiger partial charge in [0.1, 0.15) is 21.6 Å². The molecule has 0 aliphatic heterocycles. The summed E-state index contributed by atoms with van der Waals surface area (Å²) in [6.07, 6.45) is 1.38. The van der Waals surface area contributed by atoms with E-state index in [1.165, 1.54) is 60.2 Å². The van der Waals surface area contributed by atoms with Crippen molar-refractivity contribution in [1.82, 2.24) is 9.38 Å². The molecule has 4 rings (SSSR count). The third-order valence-electron chi connectivity index (χ3n) is 5.37. The number of carbonyl (C=O) groups is 2. The number of methoxy groups -OCH3 is 1. The molecule has 0 spiro atoms. The van der Waals surface area contributed by atoms with Crippen LogP contribution in [0.15, 0.2) is 40.2 Å². The monoisotopic (exact) mass is 484 g/mol. The molecule has 0 bridgehead atoms. The van der Waals surface area contributed by atoms with E-state index in [1.807, 2.05) is 13.8 Å². The number of rotatable bonds is 6. The fraction of sp³-hybridized carbons (Fsp3) is 0.217. The molecule has 0 saturated heterocycles. The van der Waals surface area contributed by atoms with Gasteiger partial charge >= 0.3 is 5.97 Å². The minimum absolute atomic E-state index is 0.000535. The van der Waals surface area contributed by atoms with Gasteiger partial charge in [-0.05, 0) is 50.6 Å². The molecule has 170 valence electrons. The summed E-state index contributed by atoms with van der Waals surface area (Å²) in [5, 5.41) is 19.3. The Hall–Kier alpha value is -3.37. The topological polar surface area (TPSA) is 118 Å². The van der Waals surface area contributed by atoms with E-state index in [0.717, 1.165) is 22.2 Å². The van der Waals surface area contributed by atoms with Gasteiger partial charge in [0, 0.05) is 16.6 Å². The molecule has 3 heterocycles. The van der Waals surface area contributed by atoms with Crippen LogP contribution < -0.4 is 10.3 Å². The number of thiophene rings is 1. The summed E-state index contributed by atoms with van der Waals surface area (Å²) in [4.78, 5) is 44.7. The van der Waals surface area contributed by atoms with E-state index in [0.29, 0.717) is 20.9 Å². The fourth-order valence-corrected chi connectivity index (χ4v) is 5.36. The van der Waals surface area contributed by atoms with Gasteiger partial charge in [0.25, 0.3) is 5.56 Å². The summed E-state index contributed by atoms with van der Waals surface area (Å²) in [5.74, 6) is -1.43. The van der Waals surface area contributed by atoms with E-state index in [1.54, 1.807) is 0 Å². The van der Waals surface area contributed by atoms with Crippen molar-refractivity contribution in [1.29, 1.82) is 0 Å². The number of benzene rings is 1. The third-order valence-corrected chi connectivity index (χ3v) is 7.58. The molecule has 2 N–H and O–H groups in total. The number of aromatic nitrogens is 2. The molecule has 0 aliphatic carbocycles. The number of carbonyl (C=O) groups excluding carboxylic acids is 1. The number of pyridine rings is 1. The predicted octanol–water partition coefficient (Wildman–Crippen LogP) is 4.04. The molecular formula is C23H20N2O6S2. The van der Waals surface area contributed by atoms with E-state index in [2.05, 4.69) is 4.98 Å². The molecule has 10 heteroatoms. The summed E-state index contributed by atoms with van der Waals surface area (Å²) >= 11 is 2.38. The predicted molar refractivity (Wildman–Crippen MR) is 127 cm³/mol. The summed E-state index contributed by atoms with van der Waals surface area (Å²) < 4.78 is 6.44. The van der Waals surface area contributed by atoms with Gasteiger partial charge in [-0.3, -0.25) is 18.8 Å². The van der Waals surface area contributed by atoms with E-state index in [4.69, 9.17) is 4.74 Å². The van der Waals surface area contributed by atoms with Crippen LogP contribution in [0.25, 0.3) is 15.9 Å². The minimum Gasteiger partial charge on any atom is -0.507 e. The van der Waals surface area contributed by atoms with Gasteiger partial charge in [-0.15, -0.1) is 23.1 Å². The quantitative estimate of drug-likeness (QED) is 0.311. The van der Waals surface area contributed by atoms with Gasteiger partial charge in [0.2, 0.25) is 0 Å². The highest BCUT2D eigenvalue weighted by molar-refractivity contribution is 8.00. The SMILES string of the molecule is COc1ccc(O)c(C(=O)c2cc(SC(C)C(=O)O)c3nc4sc(C)c(C)c4c(=O)n3c2)c1. The Bertz CT molecular complexity index is 1500. The number of carboxylic acid groups (broad SMARTS) is 1. The first kappa shape index (κ1) is 22.8. The van der Waals surface area contributed by atoms with E-state index >= 15 is 0 Å². The van der Waals surface area contributed by atoms with Crippen LogP contribution in [-0.2, 0) is 4.79 Å². The highest BCUT2D eigenvalue weighted by Crippen LogP contribution is 2.33. The Morgan fingerprint density at radius 1 is 1.24 bits per heavy atom. The lowest BCUT2D eigenvalue weighted by atomic mass is 10.0. The minimum atomic E-state index is -1.04. The van der Waals surface area contributed by atoms with Crippen molar-refractivity contribution in [3.8, 4) is 11.5 Å². The van der Waals surface area contributed by atoms with Crippen LogP contribution in [0.1, 0.15) is 33.3 Å². The molecule has 1 atom stereocenters. The third kappa shape index (κ3) is 3.96. The smallest absolute Gasteiger partial charge is 0.316 e. The second-order valence-corrected chi connectivity index (χ2v) is 10.1. The second kappa shape index (κ2) is 8.53. The summed E-state index contributed by atoms with van der Waals surface area (Å²) in [6, 6.07) is 5.79. The molecule has 0 radical (unpaired) electrons. The van der Waals surface area contributed by atoms with Crippen molar-refractivity contribution in [3.63, 3.8) is 0 Å². The first-order valence-corrected chi connectivity index (χ1v) is 11.6. The van der Waals surface area contributed by atoms with Crippen LogP contribution >= 0.6 is 23.1 Å². The lowest BCUT2D eigenvalue weighted by Gasteiger charge is -2.13. The molecule has 8 nitrogen and oxygen atoms in total. The molecule has 1 unspecified atom stereocenters. The largest absolute Gasteiger partial charge is 0.507 e. The number of ether oxygens (including phenoxy) is 1. The number of aromatic hydroxyl groups is 1. The van der Waals surface area contributed by atoms with Gasteiger partial charge in [-0.1, -0.05) is 0 Å². The fourth-order valence-electron chi connectivity index (χ4n) is 3.41. The van der Waals surface area contributed by atoms with Crippen LogP contribution in [0.4, 0.5) is 0 Å². The van der Waals surface area contributed by atoms with Crippen LogP contribution in [-0.4, -0.2) is 43.7 Å². The molecule has 0 amide bonds. The number of ketones is 1.